The Morgan fingerprint density at radius 3 is 2.48 bits per heavy atom. The third-order valence-electron chi connectivity index (χ3n) is 3.81. The monoisotopic (exact) mass is 379 g/mol. The molecule has 0 fully saturated rings. The molecule has 1 aromatic carbocycles. The van der Waals surface area contributed by atoms with Crippen LogP contribution in [0.2, 0.25) is 0 Å². The first kappa shape index (κ1) is 24.1. The Kier molecular flexibility index (Phi) is 11.3. The number of nitrogens with zero attached hydrogens (tertiary/aromatic N) is 3. The van der Waals surface area contributed by atoms with Crippen LogP contribution < -0.4 is 28.9 Å². The minimum atomic E-state index is -1.02. The van der Waals surface area contributed by atoms with Gasteiger partial charge in [-0.3, -0.25) is 0 Å². The van der Waals surface area contributed by atoms with Crippen LogP contribution in [0.15, 0.2) is 18.2 Å². The van der Waals surface area contributed by atoms with Crippen LogP contribution in [0.4, 0.5) is 5.69 Å². The summed E-state index contributed by atoms with van der Waals surface area (Å²) in [5.41, 5.74) is 2.95. The zero-order valence-corrected chi connectivity index (χ0v) is 15.6. The van der Waals surface area contributed by atoms with Crippen molar-refractivity contribution in [1.82, 2.24) is 9.55 Å². The van der Waals surface area contributed by atoms with Gasteiger partial charge in [0.25, 0.3) is 0 Å². The fourth-order valence-electron chi connectivity index (χ4n) is 2.62. The number of carbonyl (C=O) groups excluding carboxylic acids is 1. The van der Waals surface area contributed by atoms with Gasteiger partial charge in [-0.25, -0.2) is 4.98 Å². The molecule has 2 aromatic rings. The largest absolute Gasteiger partial charge is 1.00 e. The molecule has 0 aliphatic heterocycles. The second kappa shape index (κ2) is 11.7. The smallest absolute Gasteiger partial charge is 0.550 e. The zero-order chi connectivity index (χ0) is 16.8. The van der Waals surface area contributed by atoms with Gasteiger partial charge in [0.15, 0.2) is 0 Å². The third-order valence-corrected chi connectivity index (χ3v) is 4.15. The van der Waals surface area contributed by atoms with E-state index in [4.69, 9.17) is 23.2 Å². The van der Waals surface area contributed by atoms with Crippen LogP contribution in [-0.2, 0) is 18.3 Å². The topological polar surface area (TPSA) is 61.2 Å². The number of halogens is 2. The first-order chi connectivity index (χ1) is 11.1. The van der Waals surface area contributed by atoms with Gasteiger partial charge < -0.3 is 19.4 Å². The minimum Gasteiger partial charge on any atom is -0.550 e. The number of fused-ring (bicyclic) bond motifs is 1. The van der Waals surface area contributed by atoms with Crippen LogP contribution >= 0.6 is 23.2 Å². The van der Waals surface area contributed by atoms with Gasteiger partial charge in [0.1, 0.15) is 5.82 Å². The van der Waals surface area contributed by atoms with Gasteiger partial charge in [0.05, 0.1) is 11.0 Å². The number of hydrogen-bond acceptors (Lipinski definition) is 4. The van der Waals surface area contributed by atoms with Crippen molar-refractivity contribution in [2.75, 3.05) is 29.7 Å². The second-order valence-electron chi connectivity index (χ2n) is 5.35. The van der Waals surface area contributed by atoms with Crippen molar-refractivity contribution >= 4 is 45.9 Å². The minimum absolute atomic E-state index is 0. The summed E-state index contributed by atoms with van der Waals surface area (Å²) < 4.78 is 2.00. The maximum absolute atomic E-state index is 10.5. The molecule has 0 radical (unpaired) electrons. The summed E-state index contributed by atoms with van der Waals surface area (Å²) in [6.45, 7) is 1.45. The number of aliphatic carboxylic acids is 1. The SMILES string of the molecule is C.Cn1c(CCCC(=O)[O-])nc2cc(N(CCCl)CCCl)ccc21.[Li+]. The molecule has 0 N–H and O–H groups in total. The van der Waals surface area contributed by atoms with Gasteiger partial charge in [0, 0.05) is 50.0 Å². The number of aromatic nitrogens is 2. The predicted molar refractivity (Wildman–Crippen MR) is 99.0 cm³/mol. The number of carboxylic acids is 1. The van der Waals surface area contributed by atoms with Crippen molar-refractivity contribution in [3.05, 3.63) is 24.0 Å². The number of carbonyl (C=O) groups is 1. The molecule has 0 amide bonds. The standard InChI is InChI=1S/C16H21Cl2N3O2.CH4.Li/c1-20-14-6-5-12(21(9-7-17)10-8-18)11-13(14)19-15(20)3-2-4-16(22)23;;/h5-6,11H,2-4,7-10H2,1H3,(H,22,23);1H4;/q;;+1/p-1. The summed E-state index contributed by atoms with van der Waals surface area (Å²) in [6.07, 6.45) is 1.19. The average molecular weight is 380 g/mol. The van der Waals surface area contributed by atoms with E-state index in [0.717, 1.165) is 35.6 Å². The molecule has 0 unspecified atom stereocenters. The number of carboxylic acid groups (broad SMARTS) is 1. The fourth-order valence-corrected chi connectivity index (χ4v) is 3.03. The van der Waals surface area contributed by atoms with Crippen molar-refractivity contribution in [2.24, 2.45) is 7.05 Å². The van der Waals surface area contributed by atoms with Gasteiger partial charge >= 0.3 is 18.9 Å². The van der Waals surface area contributed by atoms with Crippen molar-refractivity contribution < 1.29 is 28.8 Å². The summed E-state index contributed by atoms with van der Waals surface area (Å²) in [5, 5.41) is 10.5. The Morgan fingerprint density at radius 2 is 1.92 bits per heavy atom. The molecule has 0 bridgehead atoms. The van der Waals surface area contributed by atoms with E-state index in [1.807, 2.05) is 29.8 Å². The molecule has 0 aliphatic carbocycles. The molecule has 8 heteroatoms. The van der Waals surface area contributed by atoms with Crippen LogP contribution in [0.25, 0.3) is 11.0 Å². The van der Waals surface area contributed by atoms with Gasteiger partial charge in [-0.1, -0.05) is 7.43 Å². The summed E-state index contributed by atoms with van der Waals surface area (Å²) in [7, 11) is 1.94. The van der Waals surface area contributed by atoms with Gasteiger partial charge in [-0.2, -0.15) is 0 Å². The summed E-state index contributed by atoms with van der Waals surface area (Å²) in [5.74, 6) is 0.917. The van der Waals surface area contributed by atoms with Crippen molar-refractivity contribution in [2.45, 2.75) is 26.7 Å². The normalized spacial score (nSPS) is 10.2. The molecule has 0 saturated carbocycles. The van der Waals surface area contributed by atoms with E-state index in [1.165, 1.54) is 0 Å². The quantitative estimate of drug-likeness (QED) is 0.438. The maximum Gasteiger partial charge on any atom is 1.00 e. The molecule has 134 valence electrons. The summed E-state index contributed by atoms with van der Waals surface area (Å²) in [6, 6.07) is 6.08. The van der Waals surface area contributed by atoms with Crippen LogP contribution in [0.5, 0.6) is 0 Å². The number of aryl methyl sites for hydroxylation is 2. The fraction of sp³-hybridized carbons (Fsp3) is 0.529. The van der Waals surface area contributed by atoms with Crippen molar-refractivity contribution in [1.29, 1.82) is 0 Å². The Labute approximate surface area is 171 Å². The predicted octanol–water partition coefficient (Wildman–Crippen LogP) is -0.430. The molecule has 2 rings (SSSR count). The maximum atomic E-state index is 10.5. The molecule has 0 aliphatic rings. The van der Waals surface area contributed by atoms with E-state index >= 15 is 0 Å². The van der Waals surface area contributed by atoms with E-state index in [-0.39, 0.29) is 32.7 Å². The Balaban J connectivity index is 0.00000288. The molecule has 0 atom stereocenters. The van der Waals surface area contributed by atoms with Crippen molar-refractivity contribution in [3.8, 4) is 0 Å². The van der Waals surface area contributed by atoms with E-state index in [9.17, 15) is 9.90 Å². The second-order valence-corrected chi connectivity index (χ2v) is 6.11. The van der Waals surface area contributed by atoms with E-state index in [0.29, 0.717) is 24.6 Å². The van der Waals surface area contributed by atoms with Gasteiger partial charge in [-0.15, -0.1) is 23.2 Å². The number of anilines is 1. The Morgan fingerprint density at radius 1 is 1.28 bits per heavy atom. The average Bonchev–Trinajstić information content (AvgIpc) is 2.83. The van der Waals surface area contributed by atoms with Crippen molar-refractivity contribution in [3.63, 3.8) is 0 Å². The van der Waals surface area contributed by atoms with Gasteiger partial charge in [-0.05, 0) is 31.0 Å². The molecule has 1 heterocycles. The molecule has 25 heavy (non-hydrogen) atoms. The summed E-state index contributed by atoms with van der Waals surface area (Å²) >= 11 is 11.7. The molecule has 1 aromatic heterocycles. The Bertz CT molecular complexity index is 673. The molecular weight excluding hydrogens is 356 g/mol. The third kappa shape index (κ3) is 6.42. The summed E-state index contributed by atoms with van der Waals surface area (Å²) in [4.78, 5) is 17.3. The van der Waals surface area contributed by atoms with E-state index in [1.54, 1.807) is 0 Å². The first-order valence-electron chi connectivity index (χ1n) is 7.59. The molecule has 0 saturated heterocycles. The van der Waals surface area contributed by atoms with E-state index in [2.05, 4.69) is 9.88 Å². The molecule has 5 nitrogen and oxygen atoms in total. The van der Waals surface area contributed by atoms with Crippen LogP contribution in [0.1, 0.15) is 26.1 Å². The number of rotatable bonds is 9. The Hall–Kier alpha value is -0.863. The van der Waals surface area contributed by atoms with Crippen LogP contribution in [-0.4, -0.2) is 40.4 Å². The van der Waals surface area contributed by atoms with Crippen LogP contribution in [0, 0.1) is 0 Å². The number of hydrogen-bond donors (Lipinski definition) is 0. The zero-order valence-electron chi connectivity index (χ0n) is 14.1. The van der Waals surface area contributed by atoms with Crippen LogP contribution in [0.3, 0.4) is 0 Å². The van der Waals surface area contributed by atoms with E-state index < -0.39 is 5.97 Å². The first-order valence-corrected chi connectivity index (χ1v) is 8.65. The number of imidazole rings is 1. The number of alkyl halides is 2. The number of benzene rings is 1. The molecular formula is C17H24Cl2LiN3O2. The molecule has 0 spiro atoms. The van der Waals surface area contributed by atoms with Gasteiger partial charge in [0.2, 0.25) is 0 Å².